The predicted molar refractivity (Wildman–Crippen MR) is 55.9 cm³/mol. The first-order chi connectivity index (χ1) is 7.15. The summed E-state index contributed by atoms with van der Waals surface area (Å²) in [4.78, 5) is 14.7. The van der Waals surface area contributed by atoms with Gasteiger partial charge in [0.25, 0.3) is 0 Å². The maximum atomic E-state index is 10.7. The number of anilines is 1. The molecular formula is C7H7N3O3S2. The third-order valence-corrected chi connectivity index (χ3v) is 3.10. The highest BCUT2D eigenvalue weighted by molar-refractivity contribution is 7.98. The van der Waals surface area contributed by atoms with E-state index in [9.17, 15) is 4.79 Å². The third-order valence-electron chi connectivity index (χ3n) is 1.59. The van der Waals surface area contributed by atoms with E-state index in [4.69, 9.17) is 14.6 Å². The molecule has 0 aliphatic rings. The highest BCUT2D eigenvalue weighted by Crippen LogP contribution is 2.23. The van der Waals surface area contributed by atoms with Crippen LogP contribution in [0.25, 0.3) is 0 Å². The number of nitrogen functional groups attached to an aromatic ring is 1. The van der Waals surface area contributed by atoms with Crippen molar-refractivity contribution in [3.63, 3.8) is 0 Å². The van der Waals surface area contributed by atoms with Crippen LogP contribution in [0, 0.1) is 6.92 Å². The Morgan fingerprint density at radius 3 is 2.87 bits per heavy atom. The van der Waals surface area contributed by atoms with E-state index >= 15 is 0 Å². The van der Waals surface area contributed by atoms with Crippen molar-refractivity contribution in [2.24, 2.45) is 0 Å². The quantitative estimate of drug-likeness (QED) is 0.813. The second-order valence-electron chi connectivity index (χ2n) is 2.64. The second-order valence-corrected chi connectivity index (χ2v) is 4.36. The highest BCUT2D eigenvalue weighted by atomic mass is 32.2. The number of aryl methyl sites for hydroxylation is 1. The van der Waals surface area contributed by atoms with Crippen molar-refractivity contribution in [2.45, 2.75) is 17.8 Å². The molecule has 2 aromatic heterocycles. The van der Waals surface area contributed by atoms with Crippen LogP contribution in [-0.4, -0.2) is 9.36 Å². The predicted octanol–water partition coefficient (Wildman–Crippen LogP) is 1.27. The van der Waals surface area contributed by atoms with E-state index in [1.54, 1.807) is 6.92 Å². The van der Waals surface area contributed by atoms with Crippen LogP contribution in [0.5, 0.6) is 0 Å². The van der Waals surface area contributed by atoms with E-state index in [1.807, 2.05) is 0 Å². The van der Waals surface area contributed by atoms with Gasteiger partial charge in [-0.1, -0.05) is 11.8 Å². The van der Waals surface area contributed by atoms with Gasteiger partial charge in [-0.2, -0.15) is 9.36 Å². The number of rotatable bonds is 3. The summed E-state index contributed by atoms with van der Waals surface area (Å²) in [6.45, 7) is 1.67. The Kier molecular flexibility index (Phi) is 2.78. The number of thioether (sulfide) groups is 1. The van der Waals surface area contributed by atoms with Crippen molar-refractivity contribution in [1.29, 1.82) is 0 Å². The molecule has 80 valence electrons. The highest BCUT2D eigenvalue weighted by Gasteiger charge is 2.10. The average Bonchev–Trinajstić information content (AvgIpc) is 2.70. The van der Waals surface area contributed by atoms with Crippen LogP contribution < -0.4 is 11.6 Å². The fourth-order valence-corrected chi connectivity index (χ4v) is 2.32. The van der Waals surface area contributed by atoms with Crippen molar-refractivity contribution in [3.05, 3.63) is 22.1 Å². The first-order valence-corrected chi connectivity index (χ1v) is 5.72. The molecule has 0 fully saturated rings. The van der Waals surface area contributed by atoms with Gasteiger partial charge in [-0.05, 0) is 6.92 Å². The lowest BCUT2D eigenvalue weighted by Gasteiger charge is -1.91. The standard InChI is InChI=1S/C7H7N3O3S2/c1-3-4(13-7(11)12-3)2-14-6-9-5(8)15-10-6/h2H2,1H3,(H2,8,9,10). The summed E-state index contributed by atoms with van der Waals surface area (Å²) in [5.41, 5.74) is 5.42. The SMILES string of the molecule is Cc1oc(=O)oc1CSc1nsc(N)n1. The van der Waals surface area contributed by atoms with E-state index in [0.29, 0.717) is 27.6 Å². The van der Waals surface area contributed by atoms with Gasteiger partial charge in [-0.25, -0.2) is 4.79 Å². The zero-order chi connectivity index (χ0) is 10.8. The lowest BCUT2D eigenvalue weighted by atomic mass is 10.4. The number of nitrogens with two attached hydrogens (primary N) is 1. The molecule has 0 aliphatic heterocycles. The summed E-state index contributed by atoms with van der Waals surface area (Å²) >= 11 is 2.47. The number of hydrogen-bond donors (Lipinski definition) is 1. The maximum absolute atomic E-state index is 10.7. The summed E-state index contributed by atoms with van der Waals surface area (Å²) in [6, 6.07) is 0. The Hall–Kier alpha value is -1.28. The molecule has 0 amide bonds. The van der Waals surface area contributed by atoms with Crippen LogP contribution in [0.2, 0.25) is 0 Å². The second kappa shape index (κ2) is 4.07. The largest absolute Gasteiger partial charge is 0.519 e. The van der Waals surface area contributed by atoms with Crippen LogP contribution in [-0.2, 0) is 5.75 Å². The topological polar surface area (TPSA) is 95.2 Å². The lowest BCUT2D eigenvalue weighted by Crippen LogP contribution is -1.86. The van der Waals surface area contributed by atoms with Crippen LogP contribution >= 0.6 is 23.3 Å². The van der Waals surface area contributed by atoms with Gasteiger partial charge < -0.3 is 14.6 Å². The Bertz CT molecular complexity index is 516. The molecule has 0 aliphatic carbocycles. The molecule has 2 rings (SSSR count). The molecule has 15 heavy (non-hydrogen) atoms. The minimum Gasteiger partial charge on any atom is -0.396 e. The Morgan fingerprint density at radius 1 is 1.53 bits per heavy atom. The molecule has 0 aromatic carbocycles. The zero-order valence-corrected chi connectivity index (χ0v) is 9.35. The molecule has 0 atom stereocenters. The molecule has 0 spiro atoms. The average molecular weight is 245 g/mol. The third kappa shape index (κ3) is 2.39. The molecule has 2 aromatic rings. The molecule has 6 nitrogen and oxygen atoms in total. The molecular weight excluding hydrogens is 238 g/mol. The van der Waals surface area contributed by atoms with Gasteiger partial charge in [0.2, 0.25) is 10.3 Å². The molecule has 0 radical (unpaired) electrons. The van der Waals surface area contributed by atoms with Crippen LogP contribution in [0.1, 0.15) is 11.5 Å². The van der Waals surface area contributed by atoms with Crippen molar-refractivity contribution < 1.29 is 8.83 Å². The van der Waals surface area contributed by atoms with Crippen molar-refractivity contribution in [3.8, 4) is 0 Å². The Morgan fingerprint density at radius 2 is 2.33 bits per heavy atom. The van der Waals surface area contributed by atoms with Gasteiger partial charge in [0, 0.05) is 11.5 Å². The number of nitrogens with zero attached hydrogens (tertiary/aromatic N) is 2. The summed E-state index contributed by atoms with van der Waals surface area (Å²) in [5, 5.41) is 0.989. The van der Waals surface area contributed by atoms with E-state index in [-0.39, 0.29) is 0 Å². The van der Waals surface area contributed by atoms with Crippen LogP contribution in [0.15, 0.2) is 18.8 Å². The van der Waals surface area contributed by atoms with Crippen molar-refractivity contribution in [2.75, 3.05) is 5.73 Å². The maximum Gasteiger partial charge on any atom is 0.519 e. The summed E-state index contributed by atoms with van der Waals surface area (Å²) in [6.07, 6.45) is 0. The van der Waals surface area contributed by atoms with Crippen LogP contribution in [0.4, 0.5) is 5.13 Å². The van der Waals surface area contributed by atoms with Crippen molar-refractivity contribution >= 4 is 28.4 Å². The van der Waals surface area contributed by atoms with Gasteiger partial charge in [0.15, 0.2) is 5.76 Å². The minimum atomic E-state index is -0.686. The Balaban J connectivity index is 2.04. The fourth-order valence-electron chi connectivity index (χ4n) is 0.916. The van der Waals surface area contributed by atoms with E-state index in [1.165, 1.54) is 11.8 Å². The molecule has 2 N–H and O–H groups in total. The summed E-state index contributed by atoms with van der Waals surface area (Å²) in [7, 11) is 0. The van der Waals surface area contributed by atoms with Crippen molar-refractivity contribution in [1.82, 2.24) is 9.36 Å². The van der Waals surface area contributed by atoms with E-state index < -0.39 is 5.82 Å². The minimum absolute atomic E-state index is 0.419. The number of hydrogen-bond acceptors (Lipinski definition) is 8. The van der Waals surface area contributed by atoms with Gasteiger partial charge >= 0.3 is 5.82 Å². The van der Waals surface area contributed by atoms with E-state index in [0.717, 1.165) is 11.5 Å². The molecule has 0 bridgehead atoms. The van der Waals surface area contributed by atoms with E-state index in [2.05, 4.69) is 9.36 Å². The number of aromatic nitrogens is 2. The summed E-state index contributed by atoms with van der Waals surface area (Å²) in [5.74, 6) is 0.747. The molecule has 0 saturated heterocycles. The normalized spacial score (nSPS) is 10.7. The first kappa shape index (κ1) is 10.2. The van der Waals surface area contributed by atoms with Gasteiger partial charge in [-0.15, -0.1) is 0 Å². The zero-order valence-electron chi connectivity index (χ0n) is 7.72. The smallest absolute Gasteiger partial charge is 0.396 e. The van der Waals surface area contributed by atoms with Crippen LogP contribution in [0.3, 0.4) is 0 Å². The molecule has 0 saturated carbocycles. The fraction of sp³-hybridized carbons (Fsp3) is 0.286. The summed E-state index contributed by atoms with van der Waals surface area (Å²) < 4.78 is 13.5. The first-order valence-electron chi connectivity index (χ1n) is 3.96. The molecule has 2 heterocycles. The monoisotopic (exact) mass is 245 g/mol. The lowest BCUT2D eigenvalue weighted by molar-refractivity contribution is 0.372. The molecule has 8 heteroatoms. The Labute approximate surface area is 92.7 Å². The van der Waals surface area contributed by atoms with Gasteiger partial charge in [0.1, 0.15) is 5.76 Å². The van der Waals surface area contributed by atoms with Gasteiger partial charge in [0.05, 0.1) is 5.75 Å². The van der Waals surface area contributed by atoms with Gasteiger partial charge in [-0.3, -0.25) is 0 Å². The molecule has 0 unspecified atom stereocenters.